The molecule has 2 nitrogen and oxygen atoms in total. The van der Waals surface area contributed by atoms with Crippen molar-refractivity contribution in [1.29, 1.82) is 0 Å². The van der Waals surface area contributed by atoms with E-state index in [0.29, 0.717) is 5.41 Å². The molecule has 2 N–H and O–H groups in total. The zero-order valence-electron chi connectivity index (χ0n) is 10.5. The van der Waals surface area contributed by atoms with Gasteiger partial charge >= 0.3 is 0 Å². The van der Waals surface area contributed by atoms with Gasteiger partial charge in [0.2, 0.25) is 0 Å². The lowest BCUT2D eigenvalue weighted by Gasteiger charge is -2.42. The number of fused-ring (bicyclic) bond motifs is 1. The van der Waals surface area contributed by atoms with E-state index in [0.717, 1.165) is 18.4 Å². The number of rotatable bonds is 4. The third kappa shape index (κ3) is 1.91. The van der Waals surface area contributed by atoms with Crippen molar-refractivity contribution in [2.24, 2.45) is 23.0 Å². The first kappa shape index (κ1) is 11.0. The lowest BCUT2D eigenvalue weighted by atomic mass is 9.66. The summed E-state index contributed by atoms with van der Waals surface area (Å²) in [5, 5.41) is 0. The van der Waals surface area contributed by atoms with Gasteiger partial charge in [-0.25, -0.2) is 0 Å². The zero-order chi connectivity index (χ0) is 11.0. The summed E-state index contributed by atoms with van der Waals surface area (Å²) < 4.78 is 0. The van der Waals surface area contributed by atoms with Crippen LogP contribution in [0.25, 0.3) is 0 Å². The first-order chi connectivity index (χ1) is 7.81. The maximum Gasteiger partial charge on any atom is 0.00129 e. The van der Waals surface area contributed by atoms with E-state index in [9.17, 15) is 0 Å². The Morgan fingerprint density at radius 2 is 1.75 bits per heavy atom. The number of likely N-dealkylation sites (tertiary alicyclic amines) is 1. The summed E-state index contributed by atoms with van der Waals surface area (Å²) in [6.45, 7) is 5.04. The molecule has 3 aliphatic rings. The van der Waals surface area contributed by atoms with Crippen molar-refractivity contribution in [3.8, 4) is 0 Å². The molecule has 2 unspecified atom stereocenters. The molecule has 0 aromatic rings. The van der Waals surface area contributed by atoms with Gasteiger partial charge in [0.05, 0.1) is 0 Å². The molecule has 0 bridgehead atoms. The van der Waals surface area contributed by atoms with E-state index in [4.69, 9.17) is 5.73 Å². The van der Waals surface area contributed by atoms with Crippen LogP contribution in [0.15, 0.2) is 0 Å². The molecule has 0 aromatic heterocycles. The average molecular weight is 222 g/mol. The molecule has 1 heterocycles. The van der Waals surface area contributed by atoms with Crippen molar-refractivity contribution in [2.45, 2.75) is 44.9 Å². The average Bonchev–Trinajstić information content (AvgIpc) is 2.76. The monoisotopic (exact) mass is 222 g/mol. The van der Waals surface area contributed by atoms with Crippen LogP contribution in [0.3, 0.4) is 0 Å². The molecule has 2 atom stereocenters. The lowest BCUT2D eigenvalue weighted by molar-refractivity contribution is 0.110. The highest BCUT2D eigenvalue weighted by Crippen LogP contribution is 2.44. The number of hydrogen-bond donors (Lipinski definition) is 1. The van der Waals surface area contributed by atoms with Gasteiger partial charge < -0.3 is 10.6 Å². The Morgan fingerprint density at radius 3 is 2.25 bits per heavy atom. The van der Waals surface area contributed by atoms with Crippen molar-refractivity contribution < 1.29 is 0 Å². The van der Waals surface area contributed by atoms with Gasteiger partial charge in [-0.15, -0.1) is 0 Å². The maximum absolute atomic E-state index is 5.93. The Bertz CT molecular complexity index is 230. The fraction of sp³-hybridized carbons (Fsp3) is 1.00. The van der Waals surface area contributed by atoms with E-state index in [1.165, 1.54) is 64.6 Å². The topological polar surface area (TPSA) is 29.3 Å². The van der Waals surface area contributed by atoms with Crippen LogP contribution in [-0.2, 0) is 0 Å². The summed E-state index contributed by atoms with van der Waals surface area (Å²) in [6, 6.07) is 0. The van der Waals surface area contributed by atoms with Crippen LogP contribution in [0.2, 0.25) is 0 Å². The Hall–Kier alpha value is -0.0800. The SMILES string of the molecule is NCC1(CCN2CC3CCCC3C2)CCC1. The normalized spacial score (nSPS) is 37.3. The minimum atomic E-state index is 0.553. The van der Waals surface area contributed by atoms with Crippen molar-refractivity contribution in [3.63, 3.8) is 0 Å². The van der Waals surface area contributed by atoms with E-state index in [1.807, 2.05) is 0 Å². The van der Waals surface area contributed by atoms with Gasteiger partial charge in [0, 0.05) is 13.1 Å². The molecule has 3 rings (SSSR count). The molecule has 2 aliphatic carbocycles. The predicted molar refractivity (Wildman–Crippen MR) is 67.2 cm³/mol. The summed E-state index contributed by atoms with van der Waals surface area (Å²) in [6.07, 6.45) is 10.1. The maximum atomic E-state index is 5.93. The number of nitrogens with zero attached hydrogens (tertiary/aromatic N) is 1. The second kappa shape index (κ2) is 4.30. The number of nitrogens with two attached hydrogens (primary N) is 1. The lowest BCUT2D eigenvalue weighted by Crippen LogP contribution is -2.40. The first-order valence-electron chi connectivity index (χ1n) is 7.24. The van der Waals surface area contributed by atoms with Gasteiger partial charge in [-0.1, -0.05) is 12.8 Å². The Balaban J connectivity index is 1.46. The van der Waals surface area contributed by atoms with Crippen LogP contribution in [0.5, 0.6) is 0 Å². The molecule has 16 heavy (non-hydrogen) atoms. The summed E-state index contributed by atoms with van der Waals surface area (Å²) >= 11 is 0. The molecule has 92 valence electrons. The van der Waals surface area contributed by atoms with E-state index in [2.05, 4.69) is 4.90 Å². The Morgan fingerprint density at radius 1 is 1.06 bits per heavy atom. The molecular weight excluding hydrogens is 196 g/mol. The number of hydrogen-bond acceptors (Lipinski definition) is 2. The standard InChI is InChI=1S/C14H26N2/c15-11-14(5-2-6-14)7-8-16-9-12-3-1-4-13(12)10-16/h12-13H,1-11,15H2. The third-order valence-corrected chi connectivity index (χ3v) is 5.61. The summed E-state index contributed by atoms with van der Waals surface area (Å²) in [7, 11) is 0. The quantitative estimate of drug-likeness (QED) is 0.790. The van der Waals surface area contributed by atoms with Gasteiger partial charge in [-0.3, -0.25) is 0 Å². The van der Waals surface area contributed by atoms with Crippen molar-refractivity contribution in [2.75, 3.05) is 26.2 Å². The molecule has 0 spiro atoms. The fourth-order valence-corrected chi connectivity index (χ4v) is 4.14. The molecule has 0 radical (unpaired) electrons. The Kier molecular flexibility index (Phi) is 2.97. The highest BCUT2D eigenvalue weighted by molar-refractivity contribution is 4.92. The van der Waals surface area contributed by atoms with Gasteiger partial charge in [0.15, 0.2) is 0 Å². The van der Waals surface area contributed by atoms with Crippen LogP contribution in [0, 0.1) is 17.3 Å². The van der Waals surface area contributed by atoms with Crippen LogP contribution < -0.4 is 5.73 Å². The minimum absolute atomic E-state index is 0.553. The third-order valence-electron chi connectivity index (χ3n) is 5.61. The Labute approximate surface area is 99.6 Å². The molecule has 2 heteroatoms. The van der Waals surface area contributed by atoms with Crippen LogP contribution in [0.1, 0.15) is 44.9 Å². The minimum Gasteiger partial charge on any atom is -0.330 e. The molecule has 1 aliphatic heterocycles. The van der Waals surface area contributed by atoms with Crippen molar-refractivity contribution in [3.05, 3.63) is 0 Å². The van der Waals surface area contributed by atoms with Crippen LogP contribution in [-0.4, -0.2) is 31.1 Å². The summed E-state index contributed by atoms with van der Waals surface area (Å²) in [4.78, 5) is 2.73. The molecule has 3 fully saturated rings. The predicted octanol–water partition coefficient (Wildman–Crippen LogP) is 2.24. The van der Waals surface area contributed by atoms with Crippen LogP contribution in [0.4, 0.5) is 0 Å². The molecule has 1 saturated heterocycles. The largest absolute Gasteiger partial charge is 0.330 e. The van der Waals surface area contributed by atoms with Crippen molar-refractivity contribution >= 4 is 0 Å². The summed E-state index contributed by atoms with van der Waals surface area (Å²) in [5.41, 5.74) is 6.48. The highest BCUT2D eigenvalue weighted by Gasteiger charge is 2.39. The molecule has 0 amide bonds. The first-order valence-corrected chi connectivity index (χ1v) is 7.24. The molecule has 2 saturated carbocycles. The second-order valence-corrected chi connectivity index (χ2v) is 6.52. The molecule has 0 aromatic carbocycles. The fourth-order valence-electron chi connectivity index (χ4n) is 4.14. The second-order valence-electron chi connectivity index (χ2n) is 6.52. The zero-order valence-corrected chi connectivity index (χ0v) is 10.5. The molecular formula is C14H26N2. The van der Waals surface area contributed by atoms with Crippen molar-refractivity contribution in [1.82, 2.24) is 4.90 Å². The van der Waals surface area contributed by atoms with Crippen LogP contribution >= 0.6 is 0 Å². The van der Waals surface area contributed by atoms with Gasteiger partial charge in [-0.2, -0.15) is 0 Å². The van der Waals surface area contributed by atoms with E-state index in [-0.39, 0.29) is 0 Å². The van der Waals surface area contributed by atoms with E-state index in [1.54, 1.807) is 0 Å². The van der Waals surface area contributed by atoms with E-state index >= 15 is 0 Å². The van der Waals surface area contributed by atoms with E-state index < -0.39 is 0 Å². The van der Waals surface area contributed by atoms with Gasteiger partial charge in [0.1, 0.15) is 0 Å². The summed E-state index contributed by atoms with van der Waals surface area (Å²) in [5.74, 6) is 2.10. The van der Waals surface area contributed by atoms with Gasteiger partial charge in [0.25, 0.3) is 0 Å². The highest BCUT2D eigenvalue weighted by atomic mass is 15.2. The smallest absolute Gasteiger partial charge is 0.00129 e. The van der Waals surface area contributed by atoms with Gasteiger partial charge in [-0.05, 0) is 62.4 Å².